The summed E-state index contributed by atoms with van der Waals surface area (Å²) in [5.41, 5.74) is 0.329. The van der Waals surface area contributed by atoms with Crippen LogP contribution in [-0.4, -0.2) is 32.2 Å². The van der Waals surface area contributed by atoms with Crippen LogP contribution >= 0.6 is 11.3 Å². The van der Waals surface area contributed by atoms with Gasteiger partial charge in [0.1, 0.15) is 5.00 Å². The van der Waals surface area contributed by atoms with E-state index in [1.807, 2.05) is 5.38 Å². The summed E-state index contributed by atoms with van der Waals surface area (Å²) in [6, 6.07) is 1.74. The van der Waals surface area contributed by atoms with Gasteiger partial charge in [0, 0.05) is 12.1 Å². The third kappa shape index (κ3) is 3.56. The molecule has 0 saturated heterocycles. The van der Waals surface area contributed by atoms with E-state index in [-0.39, 0.29) is 17.9 Å². The molecule has 1 unspecified atom stereocenters. The van der Waals surface area contributed by atoms with E-state index in [9.17, 15) is 18.3 Å². The topological polar surface area (TPSA) is 95.5 Å². The fourth-order valence-corrected chi connectivity index (χ4v) is 6.95. The Balaban J connectivity index is 1.47. The maximum atomic E-state index is 13.2. The third-order valence-electron chi connectivity index (χ3n) is 6.34. The van der Waals surface area contributed by atoms with Gasteiger partial charge in [-0.05, 0) is 67.7 Å². The molecule has 6 nitrogen and oxygen atoms in total. The lowest BCUT2D eigenvalue weighted by Gasteiger charge is -2.55. The molecule has 3 N–H and O–H groups in total. The van der Waals surface area contributed by atoms with Gasteiger partial charge in [-0.25, -0.2) is 13.1 Å². The Morgan fingerprint density at radius 3 is 2.38 bits per heavy atom. The lowest BCUT2D eigenvalue weighted by atomic mass is 9.49. The molecular weight excluding hydrogens is 372 g/mol. The number of amides is 1. The quantitative estimate of drug-likeness (QED) is 0.686. The molecule has 0 aromatic carbocycles. The number of thiophene rings is 1. The van der Waals surface area contributed by atoms with Crippen LogP contribution in [0.3, 0.4) is 0 Å². The van der Waals surface area contributed by atoms with E-state index in [1.165, 1.54) is 30.6 Å². The molecule has 4 aliphatic carbocycles. The van der Waals surface area contributed by atoms with Crippen molar-refractivity contribution < 1.29 is 18.3 Å². The molecule has 4 aliphatic rings. The van der Waals surface area contributed by atoms with Crippen molar-refractivity contribution in [2.24, 2.45) is 23.2 Å². The largest absolute Gasteiger partial charge is 0.387 e. The van der Waals surface area contributed by atoms with Crippen LogP contribution in [0.2, 0.25) is 0 Å². The lowest BCUT2D eigenvalue weighted by Crippen LogP contribution is -2.51. The maximum absolute atomic E-state index is 13.2. The smallest absolute Gasteiger partial charge is 0.231 e. The summed E-state index contributed by atoms with van der Waals surface area (Å²) >= 11 is 1.37. The van der Waals surface area contributed by atoms with Crippen molar-refractivity contribution in [1.29, 1.82) is 0 Å². The molecule has 4 fully saturated rings. The van der Waals surface area contributed by atoms with E-state index < -0.39 is 16.1 Å². The Bertz CT molecular complexity index is 767. The molecule has 8 heteroatoms. The number of carbonyl (C=O) groups is 1. The van der Waals surface area contributed by atoms with Gasteiger partial charge in [0.15, 0.2) is 0 Å². The Kier molecular flexibility index (Phi) is 4.66. The van der Waals surface area contributed by atoms with E-state index in [0.717, 1.165) is 25.5 Å². The summed E-state index contributed by atoms with van der Waals surface area (Å²) in [7, 11) is -3.37. The van der Waals surface area contributed by atoms with Crippen molar-refractivity contribution >= 4 is 32.3 Å². The van der Waals surface area contributed by atoms with Gasteiger partial charge in [0.2, 0.25) is 15.9 Å². The van der Waals surface area contributed by atoms with Crippen LogP contribution in [0.5, 0.6) is 0 Å². The second kappa shape index (κ2) is 6.58. The standard InChI is InChI=1S/C18H26N2O4S2/c1-26(23,24)19-10-15(21)14-2-3-25-16(14)20-17(22)18-7-11-4-12(8-18)6-13(5-11)9-18/h2-3,11-13,15,19,21H,4-10H2,1H3,(H,20,22). The minimum absolute atomic E-state index is 0.0866. The van der Waals surface area contributed by atoms with Gasteiger partial charge in [0.05, 0.1) is 17.8 Å². The number of rotatable bonds is 6. The fraction of sp³-hybridized carbons (Fsp3) is 0.722. The Morgan fingerprint density at radius 2 is 1.85 bits per heavy atom. The SMILES string of the molecule is CS(=O)(=O)NCC(O)c1ccsc1NC(=O)C12CC3CC(CC(C3)C1)C2. The van der Waals surface area contributed by atoms with Crippen LogP contribution in [0.4, 0.5) is 5.00 Å². The molecule has 1 heterocycles. The van der Waals surface area contributed by atoms with Crippen LogP contribution in [0.15, 0.2) is 11.4 Å². The van der Waals surface area contributed by atoms with E-state index in [4.69, 9.17) is 0 Å². The number of hydrogen-bond acceptors (Lipinski definition) is 5. The van der Waals surface area contributed by atoms with Gasteiger partial charge >= 0.3 is 0 Å². The highest BCUT2D eigenvalue weighted by Gasteiger charge is 2.54. The van der Waals surface area contributed by atoms with Crippen molar-refractivity contribution in [3.8, 4) is 0 Å². The lowest BCUT2D eigenvalue weighted by molar-refractivity contribution is -0.140. The molecule has 0 aliphatic heterocycles. The van der Waals surface area contributed by atoms with Gasteiger partial charge < -0.3 is 10.4 Å². The molecule has 1 amide bonds. The number of aliphatic hydroxyl groups excluding tert-OH is 1. The molecule has 1 aromatic heterocycles. The van der Waals surface area contributed by atoms with Gasteiger partial charge in [-0.15, -0.1) is 11.3 Å². The second-order valence-electron chi connectivity index (χ2n) is 8.49. The van der Waals surface area contributed by atoms with Crippen LogP contribution in [0.25, 0.3) is 0 Å². The second-order valence-corrected chi connectivity index (χ2v) is 11.2. The van der Waals surface area contributed by atoms with Crippen LogP contribution in [0.1, 0.15) is 50.2 Å². The molecule has 1 atom stereocenters. The van der Waals surface area contributed by atoms with Crippen molar-refractivity contribution in [2.45, 2.75) is 44.6 Å². The normalized spacial score (nSPS) is 34.0. The molecule has 5 rings (SSSR count). The summed E-state index contributed by atoms with van der Waals surface area (Å²) < 4.78 is 24.8. The fourth-order valence-electron chi connectivity index (χ4n) is 5.65. The molecule has 0 spiro atoms. The first kappa shape index (κ1) is 18.4. The summed E-state index contributed by atoms with van der Waals surface area (Å²) in [6.45, 7) is -0.101. The molecule has 144 valence electrons. The maximum Gasteiger partial charge on any atom is 0.231 e. The van der Waals surface area contributed by atoms with E-state index in [2.05, 4.69) is 10.0 Å². The molecule has 4 bridgehead atoms. The van der Waals surface area contributed by atoms with E-state index in [0.29, 0.717) is 28.3 Å². The monoisotopic (exact) mass is 398 g/mol. The summed E-state index contributed by atoms with van der Waals surface area (Å²) in [6.07, 6.45) is 6.90. The van der Waals surface area contributed by atoms with Gasteiger partial charge in [0.25, 0.3) is 0 Å². The first-order valence-electron chi connectivity index (χ1n) is 9.26. The Labute approximate surface area is 158 Å². The summed E-state index contributed by atoms with van der Waals surface area (Å²) in [5, 5.41) is 15.8. The van der Waals surface area contributed by atoms with Crippen LogP contribution < -0.4 is 10.0 Å². The average molecular weight is 399 g/mol. The summed E-state index contributed by atoms with van der Waals surface area (Å²) in [5.74, 6) is 2.17. The first-order valence-corrected chi connectivity index (χ1v) is 12.0. The third-order valence-corrected chi connectivity index (χ3v) is 7.88. The minimum Gasteiger partial charge on any atom is -0.387 e. The number of hydrogen-bond donors (Lipinski definition) is 3. The van der Waals surface area contributed by atoms with Crippen molar-refractivity contribution in [2.75, 3.05) is 18.1 Å². The highest BCUT2D eigenvalue weighted by Crippen LogP contribution is 2.60. The van der Waals surface area contributed by atoms with E-state index in [1.54, 1.807) is 6.07 Å². The predicted molar refractivity (Wildman–Crippen MR) is 101 cm³/mol. The number of carbonyl (C=O) groups excluding carboxylic acids is 1. The molecular formula is C18H26N2O4S2. The average Bonchev–Trinajstić information content (AvgIpc) is 2.99. The van der Waals surface area contributed by atoms with Gasteiger partial charge in [-0.3, -0.25) is 4.79 Å². The van der Waals surface area contributed by atoms with Crippen LogP contribution in [0, 0.1) is 23.2 Å². The number of sulfonamides is 1. The highest BCUT2D eigenvalue weighted by molar-refractivity contribution is 7.88. The zero-order chi connectivity index (χ0) is 18.5. The molecule has 26 heavy (non-hydrogen) atoms. The van der Waals surface area contributed by atoms with E-state index >= 15 is 0 Å². The Hall–Kier alpha value is -0.960. The summed E-state index contributed by atoms with van der Waals surface area (Å²) in [4.78, 5) is 13.2. The molecule has 1 aromatic rings. The predicted octanol–water partition coefficient (Wildman–Crippen LogP) is 2.49. The molecule has 0 radical (unpaired) electrons. The van der Waals surface area contributed by atoms with Gasteiger partial charge in [-0.2, -0.15) is 0 Å². The van der Waals surface area contributed by atoms with Crippen molar-refractivity contribution in [3.05, 3.63) is 17.0 Å². The van der Waals surface area contributed by atoms with Gasteiger partial charge in [-0.1, -0.05) is 0 Å². The number of anilines is 1. The van der Waals surface area contributed by atoms with Crippen LogP contribution in [-0.2, 0) is 14.8 Å². The van der Waals surface area contributed by atoms with Crippen molar-refractivity contribution in [1.82, 2.24) is 4.72 Å². The van der Waals surface area contributed by atoms with Crippen molar-refractivity contribution in [3.63, 3.8) is 0 Å². The Morgan fingerprint density at radius 1 is 1.27 bits per heavy atom. The zero-order valence-corrected chi connectivity index (χ0v) is 16.5. The number of aliphatic hydroxyl groups is 1. The zero-order valence-electron chi connectivity index (χ0n) is 14.9. The molecule has 4 saturated carbocycles. The first-order chi connectivity index (χ1) is 12.2. The minimum atomic E-state index is -3.37. The number of nitrogens with one attached hydrogen (secondary N) is 2. The highest BCUT2D eigenvalue weighted by atomic mass is 32.2.